The van der Waals surface area contributed by atoms with Crippen LogP contribution in [-0.4, -0.2) is 38.8 Å². The van der Waals surface area contributed by atoms with Crippen LogP contribution in [0.4, 0.5) is 0 Å². The molecule has 0 saturated carbocycles. The Morgan fingerprint density at radius 2 is 1.87 bits per heavy atom. The van der Waals surface area contributed by atoms with Gasteiger partial charge in [-0.15, -0.1) is 0 Å². The summed E-state index contributed by atoms with van der Waals surface area (Å²) in [5.74, 6) is 2.59. The summed E-state index contributed by atoms with van der Waals surface area (Å²) in [4.78, 5) is 4.60. The Morgan fingerprint density at radius 3 is 2.52 bits per heavy atom. The van der Waals surface area contributed by atoms with Gasteiger partial charge in [-0.25, -0.2) is 0 Å². The Hall–Kier alpha value is -2.17. The van der Waals surface area contributed by atoms with Gasteiger partial charge >= 0.3 is 0 Å². The number of hydrogen-bond donors (Lipinski definition) is 2. The first-order chi connectivity index (χ1) is 11.3. The van der Waals surface area contributed by atoms with Crippen molar-refractivity contribution in [2.24, 2.45) is 4.99 Å². The van der Waals surface area contributed by atoms with E-state index in [4.69, 9.17) is 9.47 Å². The molecule has 0 atom stereocenters. The highest BCUT2D eigenvalue weighted by Crippen LogP contribution is 2.17. The summed E-state index contributed by atoms with van der Waals surface area (Å²) < 4.78 is 10.8. The molecule has 0 bridgehead atoms. The van der Waals surface area contributed by atoms with Crippen LogP contribution in [0.3, 0.4) is 0 Å². The summed E-state index contributed by atoms with van der Waals surface area (Å²) in [6, 6.07) is 8.11. The number of benzene rings is 1. The zero-order valence-corrected chi connectivity index (χ0v) is 14.0. The Kier molecular flexibility index (Phi) is 7.30. The number of methoxy groups -OCH3 is 1. The number of rotatable bonds is 8. The SMILES string of the molecule is CCNC(=NCCCOc1ccc(OC)cc1)NC1CC=CC1. The van der Waals surface area contributed by atoms with E-state index in [1.165, 1.54) is 0 Å². The Labute approximate surface area is 138 Å². The van der Waals surface area contributed by atoms with Crippen molar-refractivity contribution in [2.75, 3.05) is 26.8 Å². The quantitative estimate of drug-likeness (QED) is 0.335. The molecule has 0 spiro atoms. The molecule has 0 aromatic heterocycles. The molecule has 1 aromatic rings. The third-order valence-corrected chi connectivity index (χ3v) is 3.59. The van der Waals surface area contributed by atoms with Gasteiger partial charge in [-0.2, -0.15) is 0 Å². The number of ether oxygens (including phenoxy) is 2. The highest BCUT2D eigenvalue weighted by atomic mass is 16.5. The van der Waals surface area contributed by atoms with Gasteiger partial charge in [0.15, 0.2) is 5.96 Å². The molecule has 1 aliphatic carbocycles. The molecule has 2 rings (SSSR count). The van der Waals surface area contributed by atoms with E-state index < -0.39 is 0 Å². The first kappa shape index (κ1) is 17.2. The van der Waals surface area contributed by atoms with Gasteiger partial charge in [-0.1, -0.05) is 12.2 Å². The number of nitrogens with zero attached hydrogens (tertiary/aromatic N) is 1. The zero-order valence-electron chi connectivity index (χ0n) is 14.0. The number of guanidine groups is 1. The summed E-state index contributed by atoms with van der Waals surface area (Å²) in [6.45, 7) is 4.34. The molecular formula is C18H27N3O2. The Morgan fingerprint density at radius 1 is 1.17 bits per heavy atom. The number of hydrogen-bond acceptors (Lipinski definition) is 3. The highest BCUT2D eigenvalue weighted by molar-refractivity contribution is 5.80. The van der Waals surface area contributed by atoms with Crippen molar-refractivity contribution in [3.8, 4) is 11.5 Å². The van der Waals surface area contributed by atoms with E-state index in [2.05, 4.69) is 34.7 Å². The topological polar surface area (TPSA) is 54.9 Å². The summed E-state index contributed by atoms with van der Waals surface area (Å²) in [6.07, 6.45) is 7.45. The minimum atomic E-state index is 0.475. The summed E-state index contributed by atoms with van der Waals surface area (Å²) in [5, 5.41) is 6.75. The minimum absolute atomic E-state index is 0.475. The third-order valence-electron chi connectivity index (χ3n) is 3.59. The third kappa shape index (κ3) is 6.22. The normalized spacial score (nSPS) is 14.8. The molecule has 2 N–H and O–H groups in total. The largest absolute Gasteiger partial charge is 0.497 e. The van der Waals surface area contributed by atoms with E-state index in [1.807, 2.05) is 24.3 Å². The van der Waals surface area contributed by atoms with Crippen LogP contribution in [0.15, 0.2) is 41.4 Å². The lowest BCUT2D eigenvalue weighted by atomic mass is 10.2. The highest BCUT2D eigenvalue weighted by Gasteiger charge is 2.11. The molecule has 23 heavy (non-hydrogen) atoms. The van der Waals surface area contributed by atoms with Crippen LogP contribution in [0.25, 0.3) is 0 Å². The van der Waals surface area contributed by atoms with E-state index in [0.717, 1.165) is 49.8 Å². The second-order valence-electron chi connectivity index (χ2n) is 5.42. The van der Waals surface area contributed by atoms with Crippen molar-refractivity contribution in [3.63, 3.8) is 0 Å². The molecule has 0 amide bonds. The fraction of sp³-hybridized carbons (Fsp3) is 0.500. The van der Waals surface area contributed by atoms with Crippen LogP contribution in [0.5, 0.6) is 11.5 Å². The lowest BCUT2D eigenvalue weighted by molar-refractivity contribution is 0.312. The summed E-state index contributed by atoms with van der Waals surface area (Å²) in [5.41, 5.74) is 0. The van der Waals surface area contributed by atoms with Crippen LogP contribution in [0.2, 0.25) is 0 Å². The minimum Gasteiger partial charge on any atom is -0.497 e. The molecule has 1 aliphatic rings. The fourth-order valence-corrected chi connectivity index (χ4v) is 2.37. The van der Waals surface area contributed by atoms with Gasteiger partial charge < -0.3 is 20.1 Å². The van der Waals surface area contributed by atoms with Crippen LogP contribution < -0.4 is 20.1 Å². The van der Waals surface area contributed by atoms with Gasteiger partial charge in [-0.05, 0) is 44.0 Å². The molecule has 0 saturated heterocycles. The first-order valence-electron chi connectivity index (χ1n) is 8.28. The Bertz CT molecular complexity index is 504. The smallest absolute Gasteiger partial charge is 0.191 e. The van der Waals surface area contributed by atoms with E-state index in [9.17, 15) is 0 Å². The number of aliphatic imine (C=N–C) groups is 1. The van der Waals surface area contributed by atoms with Crippen LogP contribution >= 0.6 is 0 Å². The predicted octanol–water partition coefficient (Wildman–Crippen LogP) is 2.74. The van der Waals surface area contributed by atoms with Crippen molar-refractivity contribution in [3.05, 3.63) is 36.4 Å². The molecule has 0 aliphatic heterocycles. The monoisotopic (exact) mass is 317 g/mol. The molecule has 5 nitrogen and oxygen atoms in total. The average molecular weight is 317 g/mol. The van der Waals surface area contributed by atoms with Gasteiger partial charge in [0.25, 0.3) is 0 Å². The lowest BCUT2D eigenvalue weighted by Crippen LogP contribution is -2.42. The van der Waals surface area contributed by atoms with Gasteiger partial charge in [0.2, 0.25) is 0 Å². The lowest BCUT2D eigenvalue weighted by Gasteiger charge is -2.16. The zero-order chi connectivity index (χ0) is 16.3. The van der Waals surface area contributed by atoms with Crippen LogP contribution in [0, 0.1) is 0 Å². The maximum absolute atomic E-state index is 5.71. The molecular weight excluding hydrogens is 290 g/mol. The first-order valence-corrected chi connectivity index (χ1v) is 8.28. The predicted molar refractivity (Wildman–Crippen MR) is 94.4 cm³/mol. The standard InChI is InChI=1S/C18H27N3O2/c1-3-19-18(21-15-7-4-5-8-15)20-13-6-14-23-17-11-9-16(22-2)10-12-17/h4-5,9-12,15H,3,6-8,13-14H2,1-2H3,(H2,19,20,21). The molecule has 0 heterocycles. The van der Waals surface area contributed by atoms with Gasteiger partial charge in [0.1, 0.15) is 11.5 Å². The van der Waals surface area contributed by atoms with Gasteiger partial charge in [-0.3, -0.25) is 4.99 Å². The van der Waals surface area contributed by atoms with Crippen LogP contribution in [0.1, 0.15) is 26.2 Å². The molecule has 5 heteroatoms. The van der Waals surface area contributed by atoms with E-state index in [0.29, 0.717) is 12.6 Å². The van der Waals surface area contributed by atoms with Gasteiger partial charge in [0, 0.05) is 25.6 Å². The van der Waals surface area contributed by atoms with Crippen molar-refractivity contribution >= 4 is 5.96 Å². The van der Waals surface area contributed by atoms with E-state index in [-0.39, 0.29) is 0 Å². The van der Waals surface area contributed by atoms with Crippen molar-refractivity contribution in [2.45, 2.75) is 32.2 Å². The second kappa shape index (κ2) is 9.77. The summed E-state index contributed by atoms with van der Waals surface area (Å²) >= 11 is 0. The summed E-state index contributed by atoms with van der Waals surface area (Å²) in [7, 11) is 1.66. The second-order valence-corrected chi connectivity index (χ2v) is 5.42. The van der Waals surface area contributed by atoms with E-state index >= 15 is 0 Å². The maximum atomic E-state index is 5.71. The molecule has 0 fully saturated rings. The Balaban J connectivity index is 1.68. The molecule has 0 radical (unpaired) electrons. The molecule has 0 unspecified atom stereocenters. The van der Waals surface area contributed by atoms with E-state index in [1.54, 1.807) is 7.11 Å². The van der Waals surface area contributed by atoms with Gasteiger partial charge in [0.05, 0.1) is 13.7 Å². The molecule has 126 valence electrons. The number of nitrogens with one attached hydrogen (secondary N) is 2. The fourth-order valence-electron chi connectivity index (χ4n) is 2.37. The van der Waals surface area contributed by atoms with Crippen molar-refractivity contribution in [1.82, 2.24) is 10.6 Å². The maximum Gasteiger partial charge on any atom is 0.191 e. The average Bonchev–Trinajstić information content (AvgIpc) is 3.08. The van der Waals surface area contributed by atoms with Crippen molar-refractivity contribution in [1.29, 1.82) is 0 Å². The van der Waals surface area contributed by atoms with Crippen molar-refractivity contribution < 1.29 is 9.47 Å². The van der Waals surface area contributed by atoms with Crippen LogP contribution in [-0.2, 0) is 0 Å². The molecule has 1 aromatic carbocycles.